The number of aromatic hydroxyl groups is 2. The van der Waals surface area contributed by atoms with Crippen molar-refractivity contribution in [3.63, 3.8) is 0 Å². The highest BCUT2D eigenvalue weighted by Gasteiger charge is 2.42. The lowest BCUT2D eigenvalue weighted by atomic mass is 9.81. The van der Waals surface area contributed by atoms with Gasteiger partial charge in [-0.2, -0.15) is 0 Å². The second-order valence-corrected chi connectivity index (χ2v) is 18.5. The van der Waals surface area contributed by atoms with E-state index >= 15 is 0 Å². The molecule has 0 saturated heterocycles. The summed E-state index contributed by atoms with van der Waals surface area (Å²) in [5.74, 6) is -5.53. The first-order valence-electron chi connectivity index (χ1n) is 19.7. The van der Waals surface area contributed by atoms with Crippen LogP contribution < -0.4 is 15.9 Å². The molecule has 0 fully saturated rings. The average Bonchev–Trinajstić information content (AvgIpc) is 3.55. The summed E-state index contributed by atoms with van der Waals surface area (Å²) in [6.45, 7) is 6.60. The zero-order valence-electron chi connectivity index (χ0n) is 34.3. The highest BCUT2D eigenvalue weighted by atomic mass is 31.2. The lowest BCUT2D eigenvalue weighted by molar-refractivity contribution is -0.143. The van der Waals surface area contributed by atoms with Gasteiger partial charge >= 0.3 is 17.9 Å². The summed E-state index contributed by atoms with van der Waals surface area (Å²) in [7, 11) is 0. The van der Waals surface area contributed by atoms with Crippen LogP contribution in [0.4, 0.5) is 0 Å². The molecule has 0 amide bonds. The molecule has 7 rings (SSSR count). The van der Waals surface area contributed by atoms with Crippen LogP contribution >= 0.6 is 6.89 Å². The molecule has 1 heterocycles. The first-order chi connectivity index (χ1) is 29.2. The Morgan fingerprint density at radius 2 is 1.05 bits per heavy atom. The number of phenols is 1. The number of carbonyl (C=O) groups is 5. The summed E-state index contributed by atoms with van der Waals surface area (Å²) in [6.07, 6.45) is -0.834. The van der Waals surface area contributed by atoms with Crippen molar-refractivity contribution in [2.45, 2.75) is 59.9 Å². The molecule has 1 aliphatic rings. The average molecular weight is 839 g/mol. The van der Waals surface area contributed by atoms with Crippen LogP contribution in [-0.4, -0.2) is 63.3 Å². The summed E-state index contributed by atoms with van der Waals surface area (Å²) in [5, 5.41) is 26.3. The van der Waals surface area contributed by atoms with Crippen LogP contribution in [0.3, 0.4) is 0 Å². The molecule has 0 unspecified atom stereocenters. The molecule has 6 aromatic rings. The number of ketones is 2. The standard InChI is InChI=1S/C49H43O11P/c1-27(2)57-38(50)26-37(47(54)58-28(3)4)33-22-23-34-39(42(33)51)43(52)35-24-25-36-41(48(55)60-45(36)40(35)44(34)53)46(49(56)59-29(5)6)61(30-16-10-7-11-17-30,31-18-12-8-13-19-31)32-20-14-9-15-21-32/h7-29,51,55H,1-6H3/b37-26+. The van der Waals surface area contributed by atoms with E-state index < -0.39 is 71.9 Å². The summed E-state index contributed by atoms with van der Waals surface area (Å²) >= 11 is 0. The van der Waals surface area contributed by atoms with E-state index in [4.69, 9.17) is 18.6 Å². The van der Waals surface area contributed by atoms with Crippen LogP contribution in [0.15, 0.2) is 126 Å². The molecule has 61 heavy (non-hydrogen) atoms. The van der Waals surface area contributed by atoms with E-state index in [-0.39, 0.29) is 49.7 Å². The van der Waals surface area contributed by atoms with Crippen molar-refractivity contribution in [2.24, 2.45) is 0 Å². The van der Waals surface area contributed by atoms with Gasteiger partial charge in [0.2, 0.25) is 0 Å². The van der Waals surface area contributed by atoms with Gasteiger partial charge in [-0.3, -0.25) is 9.59 Å². The van der Waals surface area contributed by atoms with Gasteiger partial charge in [-0.05, 0) is 88.6 Å². The second kappa shape index (κ2) is 17.0. The molecule has 1 aromatic heterocycles. The van der Waals surface area contributed by atoms with Crippen LogP contribution in [0.5, 0.6) is 11.7 Å². The first-order valence-corrected chi connectivity index (χ1v) is 21.5. The van der Waals surface area contributed by atoms with E-state index in [1.807, 2.05) is 91.0 Å². The second-order valence-electron chi connectivity index (χ2n) is 15.2. The van der Waals surface area contributed by atoms with Crippen LogP contribution in [0.25, 0.3) is 16.5 Å². The van der Waals surface area contributed by atoms with Gasteiger partial charge in [-0.15, -0.1) is 0 Å². The van der Waals surface area contributed by atoms with Crippen molar-refractivity contribution >= 4 is 74.1 Å². The molecular weight excluding hydrogens is 796 g/mol. The predicted octanol–water partition coefficient (Wildman–Crippen LogP) is 7.37. The number of carbonyl (C=O) groups excluding carboxylic acids is 5. The zero-order chi connectivity index (χ0) is 43.7. The van der Waals surface area contributed by atoms with Gasteiger partial charge in [0, 0.05) is 28.2 Å². The molecular formula is C49H43O11P. The number of fused-ring (bicyclic) bond motifs is 4. The van der Waals surface area contributed by atoms with E-state index in [0.29, 0.717) is 0 Å². The molecule has 0 saturated carbocycles. The highest BCUT2D eigenvalue weighted by molar-refractivity contribution is 7.96. The molecule has 0 atom stereocenters. The Morgan fingerprint density at radius 1 is 0.590 bits per heavy atom. The van der Waals surface area contributed by atoms with Crippen LogP contribution in [0, 0.1) is 0 Å². The maximum Gasteiger partial charge on any atom is 0.340 e. The number of benzene rings is 5. The minimum Gasteiger partial charge on any atom is -0.506 e. The molecule has 2 N–H and O–H groups in total. The Bertz CT molecular complexity index is 2710. The number of hydrogen-bond donors (Lipinski definition) is 2. The van der Waals surface area contributed by atoms with E-state index in [9.17, 15) is 34.2 Å². The van der Waals surface area contributed by atoms with Gasteiger partial charge < -0.3 is 28.8 Å². The first kappa shape index (κ1) is 42.2. The van der Waals surface area contributed by atoms with Gasteiger partial charge in [0.1, 0.15) is 5.75 Å². The normalized spacial score (nSPS) is 12.7. The predicted molar refractivity (Wildman–Crippen MR) is 234 cm³/mol. The third kappa shape index (κ3) is 7.57. The summed E-state index contributed by atoms with van der Waals surface area (Å²) < 4.78 is 22.7. The summed E-state index contributed by atoms with van der Waals surface area (Å²) in [6, 6.07) is 33.7. The maximum absolute atomic E-state index is 14.9. The quantitative estimate of drug-likeness (QED) is 0.0578. The number of esters is 3. The Labute approximate surface area is 352 Å². The molecule has 0 aliphatic heterocycles. The molecule has 5 aromatic carbocycles. The monoisotopic (exact) mass is 838 g/mol. The third-order valence-electron chi connectivity index (χ3n) is 9.97. The van der Waals surface area contributed by atoms with Crippen molar-refractivity contribution in [2.75, 3.05) is 0 Å². The van der Waals surface area contributed by atoms with E-state index in [1.165, 1.54) is 24.3 Å². The van der Waals surface area contributed by atoms with Gasteiger partial charge in [-0.1, -0.05) is 91.0 Å². The smallest absolute Gasteiger partial charge is 0.340 e. The van der Waals surface area contributed by atoms with Crippen molar-refractivity contribution in [3.8, 4) is 11.7 Å². The number of furan rings is 1. The van der Waals surface area contributed by atoms with Gasteiger partial charge in [-0.25, -0.2) is 14.4 Å². The summed E-state index contributed by atoms with van der Waals surface area (Å²) in [4.78, 5) is 70.1. The van der Waals surface area contributed by atoms with E-state index in [0.717, 1.165) is 22.0 Å². The fraction of sp³-hybridized carbons (Fsp3) is 0.184. The van der Waals surface area contributed by atoms with Crippen molar-refractivity contribution in [1.82, 2.24) is 0 Å². The lowest BCUT2D eigenvalue weighted by Crippen LogP contribution is -2.35. The number of phenolic OH excluding ortho intramolecular Hbond substituents is 1. The number of rotatable bonds is 11. The van der Waals surface area contributed by atoms with Crippen LogP contribution in [0.2, 0.25) is 0 Å². The third-order valence-corrected chi connectivity index (χ3v) is 14.3. The number of hydrogen-bond acceptors (Lipinski definition) is 11. The summed E-state index contributed by atoms with van der Waals surface area (Å²) in [5.41, 5.74) is -1.83. The lowest BCUT2D eigenvalue weighted by Gasteiger charge is -2.32. The fourth-order valence-corrected chi connectivity index (χ4v) is 12.1. The molecule has 12 heteroatoms. The maximum atomic E-state index is 14.9. The van der Waals surface area contributed by atoms with Crippen LogP contribution in [0.1, 0.15) is 84.5 Å². The molecule has 0 radical (unpaired) electrons. The Balaban J connectivity index is 1.52. The largest absolute Gasteiger partial charge is 0.506 e. The van der Waals surface area contributed by atoms with Gasteiger partial charge in [0.25, 0.3) is 5.95 Å². The minimum atomic E-state index is -3.30. The highest BCUT2D eigenvalue weighted by Crippen LogP contribution is 2.51. The van der Waals surface area contributed by atoms with Crippen molar-refractivity contribution in [3.05, 3.63) is 155 Å². The Morgan fingerprint density at radius 3 is 1.56 bits per heavy atom. The van der Waals surface area contributed by atoms with E-state index in [2.05, 4.69) is 0 Å². The van der Waals surface area contributed by atoms with Gasteiger partial charge in [0.05, 0.1) is 45.9 Å². The van der Waals surface area contributed by atoms with Crippen LogP contribution in [-0.2, 0) is 28.6 Å². The minimum absolute atomic E-state index is 0.00990. The van der Waals surface area contributed by atoms with Crippen molar-refractivity contribution < 1.29 is 52.8 Å². The Kier molecular flexibility index (Phi) is 11.7. The van der Waals surface area contributed by atoms with Crippen molar-refractivity contribution in [1.29, 1.82) is 0 Å². The van der Waals surface area contributed by atoms with Gasteiger partial charge in [0.15, 0.2) is 17.1 Å². The zero-order valence-corrected chi connectivity index (χ0v) is 35.2. The molecule has 0 spiro atoms. The fourth-order valence-electron chi connectivity index (χ4n) is 7.66. The molecule has 1 aliphatic carbocycles. The molecule has 310 valence electrons. The topological polar surface area (TPSA) is 167 Å². The molecule has 0 bridgehead atoms. The Hall–Kier alpha value is -6.97. The molecule has 11 nitrogen and oxygen atoms in total. The van der Waals surface area contributed by atoms with E-state index in [1.54, 1.807) is 41.5 Å². The number of ether oxygens (including phenoxy) is 3. The SMILES string of the molecule is CC(C)OC(=O)/C=C(/C(=O)OC(C)C)c1ccc2c(c1O)C(=O)c1ccc3c(C(C(=O)OC(C)C)=P(c4ccccc4)(c4ccccc4)c4ccccc4)c(O)oc3c1C2=O.